The number of benzene rings is 10. The molecular weight excluding hydrogens is 839 g/mol. The second-order valence-corrected chi connectivity index (χ2v) is 18.0. The summed E-state index contributed by atoms with van der Waals surface area (Å²) in [5.41, 5.74) is 19.7. The third kappa shape index (κ3) is 6.43. The van der Waals surface area contributed by atoms with Crippen LogP contribution in [0.1, 0.15) is 11.1 Å². The second-order valence-electron chi connectivity index (χ2n) is 18.0. The van der Waals surface area contributed by atoms with Crippen LogP contribution in [0.5, 0.6) is 0 Å². The van der Waals surface area contributed by atoms with Crippen LogP contribution in [0.15, 0.2) is 237 Å². The summed E-state index contributed by atoms with van der Waals surface area (Å²) in [4.78, 5) is 15.3. The molecule has 0 saturated heterocycles. The van der Waals surface area contributed by atoms with Crippen molar-refractivity contribution in [2.75, 3.05) is 0 Å². The van der Waals surface area contributed by atoms with E-state index in [9.17, 15) is 0 Å². The molecule has 0 saturated carbocycles. The van der Waals surface area contributed by atoms with Crippen LogP contribution in [0.25, 0.3) is 123 Å². The van der Waals surface area contributed by atoms with Gasteiger partial charge in [-0.1, -0.05) is 164 Å². The maximum Gasteiger partial charge on any atom is 0.164 e. The summed E-state index contributed by atoms with van der Waals surface area (Å²) >= 11 is 0. The summed E-state index contributed by atoms with van der Waals surface area (Å²) in [7, 11) is 0. The van der Waals surface area contributed by atoms with Gasteiger partial charge in [0.25, 0.3) is 0 Å². The molecule has 0 amide bonds. The lowest BCUT2D eigenvalue weighted by Gasteiger charge is -2.13. The summed E-state index contributed by atoms with van der Waals surface area (Å²) in [6.07, 6.45) is 0.853. The monoisotopic (exact) mass is 879 g/mol. The number of fused-ring (bicyclic) bond motifs is 9. The average molecular weight is 880 g/mol. The Morgan fingerprint density at radius 1 is 0.275 bits per heavy atom. The molecule has 5 heteroatoms. The maximum atomic E-state index is 5.17. The molecule has 1 aliphatic rings. The minimum atomic E-state index is 0.659. The fourth-order valence-corrected chi connectivity index (χ4v) is 10.8. The van der Waals surface area contributed by atoms with Gasteiger partial charge in [0, 0.05) is 49.6 Å². The Balaban J connectivity index is 0.911. The first-order chi connectivity index (χ1) is 34.2. The topological polar surface area (TPSA) is 48.5 Å². The van der Waals surface area contributed by atoms with Crippen LogP contribution in [0, 0.1) is 0 Å². The molecule has 69 heavy (non-hydrogen) atoms. The van der Waals surface area contributed by atoms with Crippen molar-refractivity contribution >= 4 is 43.6 Å². The Morgan fingerprint density at radius 2 is 0.710 bits per heavy atom. The first-order valence-electron chi connectivity index (χ1n) is 23.6. The Morgan fingerprint density at radius 3 is 1.26 bits per heavy atom. The van der Waals surface area contributed by atoms with E-state index in [0.29, 0.717) is 17.5 Å². The molecule has 3 heterocycles. The lowest BCUT2D eigenvalue weighted by molar-refractivity contribution is 1.07. The van der Waals surface area contributed by atoms with Gasteiger partial charge >= 0.3 is 0 Å². The lowest BCUT2D eigenvalue weighted by atomic mass is 9.94. The van der Waals surface area contributed by atoms with E-state index in [0.717, 1.165) is 34.5 Å². The van der Waals surface area contributed by atoms with Crippen molar-refractivity contribution in [2.45, 2.75) is 6.42 Å². The number of rotatable bonds is 7. The zero-order chi connectivity index (χ0) is 45.4. The first-order valence-corrected chi connectivity index (χ1v) is 23.6. The van der Waals surface area contributed by atoms with Crippen molar-refractivity contribution in [3.63, 3.8) is 0 Å². The molecule has 0 fully saturated rings. The summed E-state index contributed by atoms with van der Waals surface area (Å²) < 4.78 is 4.78. The molecule has 0 N–H and O–H groups in total. The van der Waals surface area contributed by atoms with E-state index in [2.05, 4.69) is 209 Å². The molecule has 322 valence electrons. The Bertz CT molecular complexity index is 4080. The number of nitrogens with zero attached hydrogens (tertiary/aromatic N) is 5. The average Bonchev–Trinajstić information content (AvgIpc) is 4.08. The molecular formula is C64H41N5. The Kier molecular flexibility index (Phi) is 8.89. The van der Waals surface area contributed by atoms with Gasteiger partial charge in [-0.2, -0.15) is 0 Å². The van der Waals surface area contributed by atoms with Crippen molar-refractivity contribution in [1.82, 2.24) is 24.1 Å². The molecule has 0 aliphatic heterocycles. The summed E-state index contributed by atoms with van der Waals surface area (Å²) in [6, 6.07) is 85.0. The van der Waals surface area contributed by atoms with Crippen molar-refractivity contribution in [1.29, 1.82) is 0 Å². The highest BCUT2D eigenvalue weighted by Crippen LogP contribution is 2.45. The van der Waals surface area contributed by atoms with Crippen LogP contribution in [-0.4, -0.2) is 24.1 Å². The van der Waals surface area contributed by atoms with E-state index >= 15 is 0 Å². The van der Waals surface area contributed by atoms with Crippen LogP contribution < -0.4 is 0 Å². The molecule has 5 nitrogen and oxygen atoms in total. The fraction of sp³-hybridized carbons (Fsp3) is 0.0156. The maximum absolute atomic E-state index is 5.17. The number of aromatic nitrogens is 5. The standard InChI is InChI=1S/C64H41N5/c1-5-16-41(17-6-1)62-65-63(42-18-7-2-8-19-42)67-64(66-62)52-26-15-20-48-36-47-29-28-43(37-53(47)61(48)52)45-31-34-59-55(39-45)56-40-46(32-35-60(56)69(59)50-23-11-4-12-24-50)44-30-33-58-54(38-44)51-25-13-14-27-57(51)68(58)49-21-9-3-10-22-49/h1-35,37-40H,36H2. The van der Waals surface area contributed by atoms with E-state index < -0.39 is 0 Å². The van der Waals surface area contributed by atoms with Gasteiger partial charge in [-0.05, 0) is 124 Å². The van der Waals surface area contributed by atoms with Gasteiger partial charge in [0.1, 0.15) is 0 Å². The molecule has 0 atom stereocenters. The van der Waals surface area contributed by atoms with Crippen LogP contribution in [-0.2, 0) is 6.42 Å². The minimum Gasteiger partial charge on any atom is -0.309 e. The van der Waals surface area contributed by atoms with Gasteiger partial charge in [0.15, 0.2) is 17.5 Å². The zero-order valence-corrected chi connectivity index (χ0v) is 37.5. The SMILES string of the molecule is c1ccc(-c2nc(-c3ccccc3)nc(-c3cccc4c3-c3cc(-c5ccc6c(c5)c5cc(-c7ccc8c(c7)c7ccccc7n8-c7ccccc7)ccc5n6-c5ccccc5)ccc3C4)n2)cc1. The van der Waals surface area contributed by atoms with E-state index in [4.69, 9.17) is 15.0 Å². The molecule has 10 aromatic carbocycles. The van der Waals surface area contributed by atoms with Crippen LogP contribution >= 0.6 is 0 Å². The number of hydrogen-bond donors (Lipinski definition) is 0. The highest BCUT2D eigenvalue weighted by molar-refractivity contribution is 6.13. The Labute approximate surface area is 398 Å². The van der Waals surface area contributed by atoms with Crippen LogP contribution in [0.3, 0.4) is 0 Å². The normalized spacial score (nSPS) is 12.0. The highest BCUT2D eigenvalue weighted by Gasteiger charge is 2.25. The molecule has 3 aromatic heterocycles. The molecule has 0 radical (unpaired) electrons. The molecule has 1 aliphatic carbocycles. The van der Waals surface area contributed by atoms with E-state index in [-0.39, 0.29) is 0 Å². The van der Waals surface area contributed by atoms with E-state index in [1.807, 2.05) is 36.4 Å². The van der Waals surface area contributed by atoms with Gasteiger partial charge in [-0.25, -0.2) is 15.0 Å². The smallest absolute Gasteiger partial charge is 0.164 e. The zero-order valence-electron chi connectivity index (χ0n) is 37.5. The summed E-state index contributed by atoms with van der Waals surface area (Å²) in [5, 5.41) is 4.91. The minimum absolute atomic E-state index is 0.659. The van der Waals surface area contributed by atoms with Gasteiger partial charge < -0.3 is 9.13 Å². The highest BCUT2D eigenvalue weighted by atomic mass is 15.0. The van der Waals surface area contributed by atoms with Gasteiger partial charge in [0.2, 0.25) is 0 Å². The van der Waals surface area contributed by atoms with Crippen molar-refractivity contribution in [3.8, 4) is 78.9 Å². The lowest BCUT2D eigenvalue weighted by Crippen LogP contribution is -2.01. The Hall–Kier alpha value is -9.19. The quantitative estimate of drug-likeness (QED) is 0.160. The largest absolute Gasteiger partial charge is 0.309 e. The molecule has 0 bridgehead atoms. The number of para-hydroxylation sites is 3. The van der Waals surface area contributed by atoms with Crippen LogP contribution in [0.4, 0.5) is 0 Å². The molecule has 14 rings (SSSR count). The summed E-state index contributed by atoms with van der Waals surface area (Å²) in [6.45, 7) is 0. The third-order valence-electron chi connectivity index (χ3n) is 14.0. The molecule has 13 aromatic rings. The van der Waals surface area contributed by atoms with Crippen molar-refractivity contribution in [2.24, 2.45) is 0 Å². The fourth-order valence-electron chi connectivity index (χ4n) is 10.8. The van der Waals surface area contributed by atoms with Gasteiger partial charge in [0.05, 0.1) is 22.1 Å². The van der Waals surface area contributed by atoms with Crippen molar-refractivity contribution in [3.05, 3.63) is 248 Å². The predicted octanol–water partition coefficient (Wildman–Crippen LogP) is 16.0. The molecule has 0 spiro atoms. The predicted molar refractivity (Wildman–Crippen MR) is 284 cm³/mol. The number of hydrogen-bond acceptors (Lipinski definition) is 3. The second kappa shape index (κ2) is 15.7. The van der Waals surface area contributed by atoms with E-state index in [1.165, 1.54) is 88.1 Å². The van der Waals surface area contributed by atoms with E-state index in [1.54, 1.807) is 0 Å². The van der Waals surface area contributed by atoms with Crippen LogP contribution in [0.2, 0.25) is 0 Å². The van der Waals surface area contributed by atoms with Crippen molar-refractivity contribution < 1.29 is 0 Å². The van der Waals surface area contributed by atoms with Gasteiger partial charge in [-0.3, -0.25) is 0 Å². The molecule has 0 unspecified atom stereocenters. The first kappa shape index (κ1) is 39.0. The van der Waals surface area contributed by atoms with Gasteiger partial charge in [-0.15, -0.1) is 0 Å². The summed E-state index contributed by atoms with van der Waals surface area (Å²) in [5.74, 6) is 1.99. The third-order valence-corrected chi connectivity index (χ3v) is 14.0.